The molecule has 6 N–H and O–H groups in total. The molecular weight excluding hydrogens is 300 g/mol. The second-order valence-electron chi connectivity index (χ2n) is 5.89. The van der Waals surface area contributed by atoms with Gasteiger partial charge in [0.1, 0.15) is 11.4 Å². The van der Waals surface area contributed by atoms with Gasteiger partial charge in [-0.05, 0) is 45.7 Å². The van der Waals surface area contributed by atoms with Crippen LogP contribution in [-0.2, 0) is 11.3 Å². The van der Waals surface area contributed by atoms with Gasteiger partial charge in [-0.2, -0.15) is 0 Å². The van der Waals surface area contributed by atoms with E-state index in [4.69, 9.17) is 20.8 Å². The maximum Gasteiger partial charge on any atom is 0.410 e. The summed E-state index contributed by atoms with van der Waals surface area (Å²) < 4.78 is 5.21. The average Bonchev–Trinajstić information content (AvgIpc) is 3.04. The molecule has 0 aliphatic carbocycles. The number of pyridine rings is 1. The first-order chi connectivity index (χ1) is 10.8. The zero-order chi connectivity index (χ0) is 17.9. The number of carbonyl (C=O) groups excluding carboxylic acids is 1. The summed E-state index contributed by atoms with van der Waals surface area (Å²) in [6, 6.07) is 3.25. The van der Waals surface area contributed by atoms with Crippen LogP contribution in [0, 0.1) is 0 Å². The standard InChI is InChI=1S/C9H17NO2.C6H8N2O.H3NO/c1-9(2,3)12-8(11)10-6-4-5-7-10;7-3-5-1-2-6(9)4-8-5;1-2/h4-7H2,1-3H3;1-2,4,9H,3,7H2;2H,1H2. The van der Waals surface area contributed by atoms with Crippen LogP contribution in [0.1, 0.15) is 39.3 Å². The third-order valence-electron chi connectivity index (χ3n) is 2.78. The van der Waals surface area contributed by atoms with Gasteiger partial charge in [-0.15, -0.1) is 0 Å². The monoisotopic (exact) mass is 328 g/mol. The lowest BCUT2D eigenvalue weighted by Gasteiger charge is -2.23. The zero-order valence-electron chi connectivity index (χ0n) is 14.0. The van der Waals surface area contributed by atoms with Gasteiger partial charge < -0.3 is 25.7 Å². The maximum absolute atomic E-state index is 11.4. The second kappa shape index (κ2) is 10.8. The van der Waals surface area contributed by atoms with Gasteiger partial charge in [0.25, 0.3) is 0 Å². The Bertz CT molecular complexity index is 440. The van der Waals surface area contributed by atoms with Crippen LogP contribution in [0.2, 0.25) is 0 Å². The van der Waals surface area contributed by atoms with Crippen LogP contribution in [0.15, 0.2) is 18.3 Å². The summed E-state index contributed by atoms with van der Waals surface area (Å²) >= 11 is 0. The Morgan fingerprint density at radius 1 is 1.30 bits per heavy atom. The fourth-order valence-electron chi connectivity index (χ4n) is 1.76. The van der Waals surface area contributed by atoms with Gasteiger partial charge in [0.2, 0.25) is 0 Å². The van der Waals surface area contributed by atoms with E-state index in [0.29, 0.717) is 6.54 Å². The molecule has 0 spiro atoms. The largest absolute Gasteiger partial charge is 0.506 e. The van der Waals surface area contributed by atoms with Gasteiger partial charge >= 0.3 is 6.09 Å². The average molecular weight is 328 g/mol. The molecule has 1 amide bonds. The van der Waals surface area contributed by atoms with Crippen LogP contribution in [0.5, 0.6) is 5.75 Å². The predicted octanol–water partition coefficient (Wildman–Crippen LogP) is 1.60. The van der Waals surface area contributed by atoms with Crippen LogP contribution < -0.4 is 11.6 Å². The molecule has 132 valence electrons. The van der Waals surface area contributed by atoms with Crippen LogP contribution >= 0.6 is 0 Å². The van der Waals surface area contributed by atoms with Crippen molar-refractivity contribution >= 4 is 6.09 Å². The first-order valence-corrected chi connectivity index (χ1v) is 7.39. The number of nitrogens with zero attached hydrogens (tertiary/aromatic N) is 2. The highest BCUT2D eigenvalue weighted by molar-refractivity contribution is 5.68. The molecular formula is C15H28N4O4. The highest BCUT2D eigenvalue weighted by Gasteiger charge is 2.23. The van der Waals surface area contributed by atoms with Crippen molar-refractivity contribution in [3.05, 3.63) is 24.0 Å². The lowest BCUT2D eigenvalue weighted by atomic mass is 10.2. The van der Waals surface area contributed by atoms with Crippen LogP contribution in [-0.4, -0.2) is 45.0 Å². The third kappa shape index (κ3) is 9.67. The van der Waals surface area contributed by atoms with Gasteiger partial charge in [0.15, 0.2) is 0 Å². The summed E-state index contributed by atoms with van der Waals surface area (Å²) in [5.74, 6) is 3.67. The Labute approximate surface area is 137 Å². The van der Waals surface area contributed by atoms with Crippen molar-refractivity contribution < 1.29 is 19.8 Å². The Hall–Kier alpha value is -1.90. The zero-order valence-corrected chi connectivity index (χ0v) is 14.0. The third-order valence-corrected chi connectivity index (χ3v) is 2.78. The van der Waals surface area contributed by atoms with Crippen molar-refractivity contribution in [1.29, 1.82) is 0 Å². The van der Waals surface area contributed by atoms with E-state index in [1.165, 1.54) is 6.20 Å². The Morgan fingerprint density at radius 2 is 1.87 bits per heavy atom. The molecule has 0 saturated carbocycles. The molecule has 0 bridgehead atoms. The lowest BCUT2D eigenvalue weighted by molar-refractivity contribution is 0.0295. The van der Waals surface area contributed by atoms with Gasteiger partial charge in [-0.3, -0.25) is 4.98 Å². The van der Waals surface area contributed by atoms with Crippen molar-refractivity contribution in [3.8, 4) is 5.75 Å². The highest BCUT2D eigenvalue weighted by Crippen LogP contribution is 2.14. The van der Waals surface area contributed by atoms with E-state index in [-0.39, 0.29) is 17.4 Å². The molecule has 8 nitrogen and oxygen atoms in total. The van der Waals surface area contributed by atoms with E-state index >= 15 is 0 Å². The molecule has 8 heteroatoms. The summed E-state index contributed by atoms with van der Waals surface area (Å²) in [5, 5.41) is 15.2. The molecule has 1 aromatic heterocycles. The molecule has 0 atom stereocenters. The smallest absolute Gasteiger partial charge is 0.410 e. The number of aromatic hydroxyl groups is 1. The van der Waals surface area contributed by atoms with E-state index in [1.54, 1.807) is 17.0 Å². The topological polar surface area (TPSA) is 135 Å². The Morgan fingerprint density at radius 3 is 2.26 bits per heavy atom. The molecule has 0 aromatic carbocycles. The highest BCUT2D eigenvalue weighted by atomic mass is 16.6. The summed E-state index contributed by atoms with van der Waals surface area (Å²) in [5.41, 5.74) is 5.68. The van der Waals surface area contributed by atoms with Crippen LogP contribution in [0.3, 0.4) is 0 Å². The Balaban J connectivity index is 0.000000392. The summed E-state index contributed by atoms with van der Waals surface area (Å²) in [4.78, 5) is 17.0. The number of amides is 1. The summed E-state index contributed by atoms with van der Waals surface area (Å²) in [7, 11) is 0. The number of carbonyl (C=O) groups is 1. The van der Waals surface area contributed by atoms with E-state index in [9.17, 15) is 4.79 Å². The fourth-order valence-corrected chi connectivity index (χ4v) is 1.76. The number of aromatic nitrogens is 1. The first kappa shape index (κ1) is 21.1. The molecule has 1 fully saturated rings. The molecule has 2 rings (SSSR count). The number of ether oxygens (including phenoxy) is 1. The SMILES string of the molecule is CC(C)(C)OC(=O)N1CCCC1.NCc1ccc(O)cn1.NO. The summed E-state index contributed by atoms with van der Waals surface area (Å²) in [6.07, 6.45) is 3.43. The molecule has 0 radical (unpaired) electrons. The van der Waals surface area contributed by atoms with Crippen molar-refractivity contribution in [2.45, 2.75) is 45.8 Å². The van der Waals surface area contributed by atoms with Crippen molar-refractivity contribution in [3.63, 3.8) is 0 Å². The fraction of sp³-hybridized carbons (Fsp3) is 0.600. The molecule has 0 unspecified atom stereocenters. The lowest BCUT2D eigenvalue weighted by Crippen LogP contribution is -2.34. The van der Waals surface area contributed by atoms with Crippen molar-refractivity contribution in [2.75, 3.05) is 13.1 Å². The van der Waals surface area contributed by atoms with Gasteiger partial charge in [-0.25, -0.2) is 10.7 Å². The molecule has 1 saturated heterocycles. The van der Waals surface area contributed by atoms with E-state index < -0.39 is 0 Å². The van der Waals surface area contributed by atoms with E-state index in [0.717, 1.165) is 31.6 Å². The van der Waals surface area contributed by atoms with E-state index in [2.05, 4.69) is 10.9 Å². The van der Waals surface area contributed by atoms with E-state index in [1.807, 2.05) is 20.8 Å². The van der Waals surface area contributed by atoms with Crippen molar-refractivity contribution in [1.82, 2.24) is 9.88 Å². The normalized spacial score (nSPS) is 13.4. The second-order valence-corrected chi connectivity index (χ2v) is 5.89. The quantitative estimate of drug-likeness (QED) is 0.575. The number of likely N-dealkylation sites (tertiary alicyclic amines) is 1. The van der Waals surface area contributed by atoms with Crippen molar-refractivity contribution in [2.24, 2.45) is 11.6 Å². The molecule has 2 heterocycles. The van der Waals surface area contributed by atoms with Gasteiger partial charge in [-0.1, -0.05) is 0 Å². The minimum Gasteiger partial charge on any atom is -0.506 e. The number of hydrogen-bond donors (Lipinski definition) is 4. The number of rotatable bonds is 1. The van der Waals surface area contributed by atoms with Crippen LogP contribution in [0.25, 0.3) is 0 Å². The molecule has 1 aliphatic heterocycles. The Kier molecular flexibility index (Phi) is 9.87. The minimum atomic E-state index is -0.361. The number of hydrogen-bond acceptors (Lipinski definition) is 7. The van der Waals surface area contributed by atoms with Crippen LogP contribution in [0.4, 0.5) is 4.79 Å². The summed E-state index contributed by atoms with van der Waals surface area (Å²) in [6.45, 7) is 7.80. The molecule has 1 aliphatic rings. The predicted molar refractivity (Wildman–Crippen MR) is 86.8 cm³/mol. The maximum atomic E-state index is 11.4. The molecule has 23 heavy (non-hydrogen) atoms. The minimum absolute atomic E-state index is 0.167. The first-order valence-electron chi connectivity index (χ1n) is 7.39. The number of nitrogens with two attached hydrogens (primary N) is 2. The van der Waals surface area contributed by atoms with Gasteiger partial charge in [0.05, 0.1) is 11.9 Å². The van der Waals surface area contributed by atoms with Gasteiger partial charge in [0, 0.05) is 19.6 Å². The molecule has 1 aromatic rings.